The maximum Gasteiger partial charge on any atom is 0.308 e. The number of rotatable bonds is 4. The van der Waals surface area contributed by atoms with Gasteiger partial charge in [-0.1, -0.05) is 26.1 Å². The molecule has 2 atom stereocenters. The number of nitrogens with zero attached hydrogens (tertiary/aromatic N) is 3. The Hall–Kier alpha value is -2.00. The number of hydrogen-bond donors (Lipinski definition) is 2. The summed E-state index contributed by atoms with van der Waals surface area (Å²) in [5, 5.41) is 0. The van der Waals surface area contributed by atoms with E-state index in [1.54, 1.807) is 20.2 Å². The lowest BCUT2D eigenvalue weighted by Gasteiger charge is -2.16. The number of carbonyl (C=O) groups is 1. The number of ether oxygens (including phenoxy) is 2. The zero-order valence-electron chi connectivity index (χ0n) is 13.0. The maximum absolute atomic E-state index is 11.5. The van der Waals surface area contributed by atoms with Gasteiger partial charge in [0.1, 0.15) is 24.0 Å². The molecule has 0 amide bonds. The van der Waals surface area contributed by atoms with Gasteiger partial charge in [0.2, 0.25) is 0 Å². The molecule has 3 rings (SSSR count). The second kappa shape index (κ2) is 6.25. The van der Waals surface area contributed by atoms with Crippen LogP contribution in [0.3, 0.4) is 0 Å². The fraction of sp³-hybridized carbons (Fsp3) is 0.571. The molecule has 3 heterocycles. The first-order valence-corrected chi connectivity index (χ1v) is 7.91. The number of esters is 1. The van der Waals surface area contributed by atoms with Crippen molar-refractivity contribution in [2.24, 2.45) is 5.92 Å². The molecule has 9 heteroatoms. The van der Waals surface area contributed by atoms with Crippen molar-refractivity contribution in [1.29, 1.82) is 0 Å². The van der Waals surface area contributed by atoms with Gasteiger partial charge in [0, 0.05) is 0 Å². The third kappa shape index (κ3) is 3.20. The highest BCUT2D eigenvalue weighted by atomic mass is 32.1. The van der Waals surface area contributed by atoms with Crippen molar-refractivity contribution < 1.29 is 14.3 Å². The van der Waals surface area contributed by atoms with E-state index in [1.807, 2.05) is 4.57 Å². The van der Waals surface area contributed by atoms with Gasteiger partial charge < -0.3 is 20.2 Å². The predicted octanol–water partition coefficient (Wildman–Crippen LogP) is 1.95. The molecule has 23 heavy (non-hydrogen) atoms. The largest absolute Gasteiger partial charge is 0.463 e. The molecule has 1 fully saturated rings. The molecule has 1 saturated heterocycles. The lowest BCUT2D eigenvalue weighted by Crippen LogP contribution is -2.21. The monoisotopic (exact) mass is 337 g/mol. The molecule has 2 aromatic rings. The third-order valence-electron chi connectivity index (χ3n) is 3.74. The Morgan fingerprint density at radius 1 is 1.61 bits per heavy atom. The first-order chi connectivity index (χ1) is 11.0. The second-order valence-electron chi connectivity index (χ2n) is 5.85. The van der Waals surface area contributed by atoms with E-state index in [9.17, 15) is 4.79 Å². The Kier molecular flexibility index (Phi) is 4.31. The van der Waals surface area contributed by atoms with Gasteiger partial charge in [-0.15, -0.1) is 0 Å². The van der Waals surface area contributed by atoms with E-state index in [2.05, 4.69) is 15.0 Å². The fourth-order valence-corrected chi connectivity index (χ4v) is 2.77. The first-order valence-electron chi connectivity index (χ1n) is 7.50. The van der Waals surface area contributed by atoms with Gasteiger partial charge in [-0.25, -0.2) is 9.97 Å². The Morgan fingerprint density at radius 2 is 2.39 bits per heavy atom. The topological polar surface area (TPSA) is 108 Å². The number of nitrogen functional groups attached to an aromatic ring is 1. The van der Waals surface area contributed by atoms with Crippen molar-refractivity contribution >= 4 is 35.3 Å². The van der Waals surface area contributed by atoms with Crippen molar-refractivity contribution in [3.05, 3.63) is 11.0 Å². The van der Waals surface area contributed by atoms with Crippen LogP contribution in [0.1, 0.15) is 32.9 Å². The summed E-state index contributed by atoms with van der Waals surface area (Å²) in [6, 6.07) is 0. The highest BCUT2D eigenvalue weighted by Gasteiger charge is 2.29. The maximum atomic E-state index is 11.5. The van der Waals surface area contributed by atoms with Crippen LogP contribution in [0, 0.1) is 10.6 Å². The van der Waals surface area contributed by atoms with Gasteiger partial charge in [-0.05, 0) is 12.8 Å². The number of hydrogen-bond acceptors (Lipinski definition) is 7. The predicted molar refractivity (Wildman–Crippen MR) is 86.1 cm³/mol. The normalized spacial score (nSPS) is 21.2. The van der Waals surface area contributed by atoms with Crippen LogP contribution < -0.4 is 5.73 Å². The number of aromatic amines is 1. The van der Waals surface area contributed by atoms with E-state index in [4.69, 9.17) is 27.4 Å². The quantitative estimate of drug-likeness (QED) is 0.648. The number of fused-ring (bicyclic) bond motifs is 1. The number of anilines is 1. The molecule has 2 aromatic heterocycles. The highest BCUT2D eigenvalue weighted by Crippen LogP contribution is 2.30. The Bertz CT molecular complexity index is 784. The van der Waals surface area contributed by atoms with Gasteiger partial charge in [0.25, 0.3) is 0 Å². The summed E-state index contributed by atoms with van der Waals surface area (Å²) < 4.78 is 13.4. The van der Waals surface area contributed by atoms with E-state index in [-0.39, 0.29) is 36.8 Å². The average Bonchev–Trinajstić information content (AvgIpc) is 3.10. The molecule has 0 radical (unpaired) electrons. The van der Waals surface area contributed by atoms with Crippen LogP contribution >= 0.6 is 12.2 Å². The molecule has 1 aliphatic rings. The molecular formula is C14H19N5O3S. The molecule has 0 spiro atoms. The van der Waals surface area contributed by atoms with E-state index < -0.39 is 0 Å². The number of imidazole rings is 1. The molecule has 1 aliphatic heterocycles. The summed E-state index contributed by atoms with van der Waals surface area (Å²) in [4.78, 5) is 22.8. The fourth-order valence-electron chi connectivity index (χ4n) is 2.53. The third-order valence-corrected chi connectivity index (χ3v) is 4.03. The summed E-state index contributed by atoms with van der Waals surface area (Å²) in [7, 11) is 0. The van der Waals surface area contributed by atoms with Crippen LogP contribution in [0.4, 0.5) is 5.95 Å². The van der Waals surface area contributed by atoms with Crippen LogP contribution in [0.15, 0.2) is 6.33 Å². The Labute approximate surface area is 138 Å². The highest BCUT2D eigenvalue weighted by molar-refractivity contribution is 7.71. The summed E-state index contributed by atoms with van der Waals surface area (Å²) in [5.41, 5.74) is 6.99. The van der Waals surface area contributed by atoms with Crippen molar-refractivity contribution in [3.63, 3.8) is 0 Å². The minimum absolute atomic E-state index is 0.123. The van der Waals surface area contributed by atoms with Crippen molar-refractivity contribution in [1.82, 2.24) is 19.5 Å². The molecule has 0 aromatic carbocycles. The van der Waals surface area contributed by atoms with E-state index in [0.29, 0.717) is 15.8 Å². The van der Waals surface area contributed by atoms with Crippen molar-refractivity contribution in [2.45, 2.75) is 39.0 Å². The van der Waals surface area contributed by atoms with Gasteiger partial charge in [0.05, 0.1) is 18.3 Å². The van der Waals surface area contributed by atoms with Gasteiger partial charge in [-0.2, -0.15) is 0 Å². The molecule has 0 bridgehead atoms. The van der Waals surface area contributed by atoms with E-state index in [0.717, 1.165) is 12.8 Å². The van der Waals surface area contributed by atoms with E-state index in [1.165, 1.54) is 0 Å². The first kappa shape index (κ1) is 15.9. The summed E-state index contributed by atoms with van der Waals surface area (Å²) in [5.74, 6) is -0.113. The van der Waals surface area contributed by atoms with Gasteiger partial charge >= 0.3 is 5.97 Å². The molecule has 0 saturated carbocycles. The Balaban J connectivity index is 1.72. The van der Waals surface area contributed by atoms with Crippen LogP contribution in [0.25, 0.3) is 11.2 Å². The molecule has 2 unspecified atom stereocenters. The van der Waals surface area contributed by atoms with Crippen molar-refractivity contribution in [2.75, 3.05) is 12.3 Å². The zero-order valence-corrected chi connectivity index (χ0v) is 13.8. The lowest BCUT2D eigenvalue weighted by molar-refractivity contribution is -0.152. The standard InChI is InChI=1S/C14H19N5O3S/c1-7(2)13(20)21-5-8-3-4-9(22-8)19-6-16-10-11(19)17-14(15)18-12(10)23/h6-9H,3-5H2,1-2H3,(H3,15,17,18,23). The summed E-state index contributed by atoms with van der Waals surface area (Å²) >= 11 is 5.16. The molecule has 124 valence electrons. The Morgan fingerprint density at radius 3 is 3.13 bits per heavy atom. The number of carbonyl (C=O) groups excluding carboxylic acids is 1. The van der Waals surface area contributed by atoms with Gasteiger partial charge in [0.15, 0.2) is 10.6 Å². The SMILES string of the molecule is CC(C)C(=O)OCC1CCC(n2cnc3c(=S)nc(N)[nH]c32)O1. The lowest BCUT2D eigenvalue weighted by atomic mass is 10.2. The van der Waals surface area contributed by atoms with Crippen LogP contribution in [-0.4, -0.2) is 38.2 Å². The molecule has 8 nitrogen and oxygen atoms in total. The zero-order chi connectivity index (χ0) is 16.6. The van der Waals surface area contributed by atoms with E-state index >= 15 is 0 Å². The summed E-state index contributed by atoms with van der Waals surface area (Å²) in [6.07, 6.45) is 2.93. The number of H-pyrrole nitrogens is 1. The minimum Gasteiger partial charge on any atom is -0.463 e. The van der Waals surface area contributed by atoms with Crippen LogP contribution in [0.5, 0.6) is 0 Å². The summed E-state index contributed by atoms with van der Waals surface area (Å²) in [6.45, 7) is 3.87. The minimum atomic E-state index is -0.215. The van der Waals surface area contributed by atoms with Gasteiger partial charge in [-0.3, -0.25) is 9.36 Å². The number of nitrogens with two attached hydrogens (primary N) is 1. The van der Waals surface area contributed by atoms with Crippen LogP contribution in [0.2, 0.25) is 0 Å². The molecule has 0 aliphatic carbocycles. The average molecular weight is 337 g/mol. The smallest absolute Gasteiger partial charge is 0.308 e. The van der Waals surface area contributed by atoms with Crippen molar-refractivity contribution in [3.8, 4) is 0 Å². The van der Waals surface area contributed by atoms with Crippen LogP contribution in [-0.2, 0) is 14.3 Å². The molecular weight excluding hydrogens is 318 g/mol. The number of nitrogens with one attached hydrogen (secondary N) is 1. The second-order valence-corrected chi connectivity index (χ2v) is 6.24. The number of aromatic nitrogens is 4. The molecule has 3 N–H and O–H groups in total.